The topological polar surface area (TPSA) is 44.8 Å². The lowest BCUT2D eigenvalue weighted by atomic mass is 10.1. The van der Waals surface area contributed by atoms with Crippen LogP contribution < -0.4 is 15.0 Å². The molecule has 1 amide bonds. The summed E-state index contributed by atoms with van der Waals surface area (Å²) in [7, 11) is 5.81. The molecule has 0 unspecified atom stereocenters. The molecule has 2 rings (SSSR count). The Morgan fingerprint density at radius 1 is 1.47 bits per heavy atom. The molecule has 0 aliphatic carbocycles. The Hall–Kier alpha value is -1.59. The van der Waals surface area contributed by atoms with Crippen molar-refractivity contribution in [1.29, 1.82) is 0 Å². The summed E-state index contributed by atoms with van der Waals surface area (Å²) in [6.45, 7) is 1.97. The predicted molar refractivity (Wildman–Crippen MR) is 75.6 cm³/mol. The number of likely N-dealkylation sites (N-methyl/N-ethyl adjacent to an activating group) is 2. The highest BCUT2D eigenvalue weighted by atomic mass is 16.5. The van der Waals surface area contributed by atoms with E-state index >= 15 is 0 Å². The number of ether oxygens (including phenoxy) is 1. The first-order chi connectivity index (χ1) is 9.11. The molecule has 5 nitrogen and oxygen atoms in total. The number of nitrogens with one attached hydrogen (secondary N) is 1. The minimum Gasteiger partial charge on any atom is -0.482 e. The first-order valence-electron chi connectivity index (χ1n) is 6.47. The molecule has 0 saturated carbocycles. The number of fused-ring (bicyclic) bond motifs is 1. The average molecular weight is 263 g/mol. The van der Waals surface area contributed by atoms with Crippen molar-refractivity contribution in [3.05, 3.63) is 23.8 Å². The fraction of sp³-hybridized carbons (Fsp3) is 0.500. The molecule has 1 N–H and O–H groups in total. The van der Waals surface area contributed by atoms with Crippen LogP contribution in [-0.2, 0) is 11.2 Å². The fourth-order valence-electron chi connectivity index (χ4n) is 2.14. The van der Waals surface area contributed by atoms with Gasteiger partial charge in [0.1, 0.15) is 5.75 Å². The molecule has 104 valence electrons. The second kappa shape index (κ2) is 6.04. The summed E-state index contributed by atoms with van der Waals surface area (Å²) >= 11 is 0. The van der Waals surface area contributed by atoms with Gasteiger partial charge in [-0.15, -0.1) is 0 Å². The average Bonchev–Trinajstić information content (AvgIpc) is 2.41. The van der Waals surface area contributed by atoms with E-state index in [1.807, 2.05) is 19.2 Å². The number of hydrogen-bond donors (Lipinski definition) is 1. The number of anilines is 1. The third-order valence-electron chi connectivity index (χ3n) is 3.32. The van der Waals surface area contributed by atoms with E-state index in [-0.39, 0.29) is 12.5 Å². The van der Waals surface area contributed by atoms with Crippen LogP contribution in [0.1, 0.15) is 5.56 Å². The second-order valence-electron chi connectivity index (χ2n) is 4.88. The van der Waals surface area contributed by atoms with E-state index in [1.54, 1.807) is 11.9 Å². The normalized spacial score (nSPS) is 14.5. The molecule has 0 bridgehead atoms. The first kappa shape index (κ1) is 13.8. The number of hydrogen-bond acceptors (Lipinski definition) is 4. The number of rotatable bonds is 5. The van der Waals surface area contributed by atoms with E-state index in [1.165, 1.54) is 5.56 Å². The molecule has 0 spiro atoms. The van der Waals surface area contributed by atoms with Crippen LogP contribution in [-0.4, -0.2) is 51.8 Å². The van der Waals surface area contributed by atoms with Crippen LogP contribution in [0.25, 0.3) is 0 Å². The summed E-state index contributed by atoms with van der Waals surface area (Å²) in [6.07, 6.45) is 0.952. The van der Waals surface area contributed by atoms with Crippen molar-refractivity contribution in [1.82, 2.24) is 10.2 Å². The molecule has 19 heavy (non-hydrogen) atoms. The fourth-order valence-corrected chi connectivity index (χ4v) is 2.14. The van der Waals surface area contributed by atoms with Crippen LogP contribution in [0, 0.1) is 0 Å². The van der Waals surface area contributed by atoms with Crippen LogP contribution in [0.4, 0.5) is 5.69 Å². The number of carbonyl (C=O) groups is 1. The number of carbonyl (C=O) groups excluding carboxylic acids is 1. The van der Waals surface area contributed by atoms with E-state index in [9.17, 15) is 4.79 Å². The largest absolute Gasteiger partial charge is 0.482 e. The van der Waals surface area contributed by atoms with E-state index in [4.69, 9.17) is 4.74 Å². The molecule has 1 aromatic rings. The Bertz CT molecular complexity index is 462. The molecule has 1 heterocycles. The van der Waals surface area contributed by atoms with Crippen LogP contribution in [0.15, 0.2) is 18.2 Å². The van der Waals surface area contributed by atoms with Gasteiger partial charge in [-0.05, 0) is 38.2 Å². The summed E-state index contributed by atoms with van der Waals surface area (Å²) < 4.78 is 5.41. The lowest BCUT2D eigenvalue weighted by molar-refractivity contribution is -0.120. The Balaban J connectivity index is 2.06. The Kier molecular flexibility index (Phi) is 4.39. The van der Waals surface area contributed by atoms with Crippen LogP contribution in [0.5, 0.6) is 5.75 Å². The Labute approximate surface area is 114 Å². The summed E-state index contributed by atoms with van der Waals surface area (Å²) in [5.41, 5.74) is 2.08. The van der Waals surface area contributed by atoms with Crippen molar-refractivity contribution < 1.29 is 9.53 Å². The van der Waals surface area contributed by atoms with Gasteiger partial charge in [-0.3, -0.25) is 9.69 Å². The van der Waals surface area contributed by atoms with Gasteiger partial charge in [0.15, 0.2) is 6.61 Å². The Morgan fingerprint density at radius 3 is 3.00 bits per heavy atom. The molecule has 0 aromatic heterocycles. The lowest BCUT2D eigenvalue weighted by Crippen LogP contribution is -2.35. The summed E-state index contributed by atoms with van der Waals surface area (Å²) in [4.78, 5) is 15.5. The van der Waals surface area contributed by atoms with Gasteiger partial charge in [-0.25, -0.2) is 0 Å². The van der Waals surface area contributed by atoms with Gasteiger partial charge in [0.25, 0.3) is 5.91 Å². The van der Waals surface area contributed by atoms with Crippen LogP contribution in [0.2, 0.25) is 0 Å². The van der Waals surface area contributed by atoms with Crippen molar-refractivity contribution in [3.8, 4) is 5.75 Å². The minimum atomic E-state index is -0.00282. The highest BCUT2D eigenvalue weighted by Crippen LogP contribution is 2.31. The van der Waals surface area contributed by atoms with Crippen molar-refractivity contribution in [2.24, 2.45) is 0 Å². The zero-order valence-corrected chi connectivity index (χ0v) is 11.8. The highest BCUT2D eigenvalue weighted by molar-refractivity contribution is 5.97. The molecule has 0 atom stereocenters. The number of nitrogens with zero attached hydrogens (tertiary/aromatic N) is 2. The molecule has 1 aliphatic rings. The van der Waals surface area contributed by atoms with E-state index in [0.717, 1.165) is 31.1 Å². The third-order valence-corrected chi connectivity index (χ3v) is 3.32. The van der Waals surface area contributed by atoms with Crippen molar-refractivity contribution >= 4 is 11.6 Å². The maximum Gasteiger partial charge on any atom is 0.264 e. The van der Waals surface area contributed by atoms with Crippen molar-refractivity contribution in [2.45, 2.75) is 6.42 Å². The summed E-state index contributed by atoms with van der Waals surface area (Å²) in [6, 6.07) is 6.06. The Morgan fingerprint density at radius 2 is 2.26 bits per heavy atom. The molecular formula is C14H21N3O2. The van der Waals surface area contributed by atoms with Gasteiger partial charge in [0, 0.05) is 20.3 Å². The molecular weight excluding hydrogens is 242 g/mol. The van der Waals surface area contributed by atoms with Gasteiger partial charge >= 0.3 is 0 Å². The lowest BCUT2D eigenvalue weighted by Gasteiger charge is -2.26. The smallest absolute Gasteiger partial charge is 0.264 e. The zero-order chi connectivity index (χ0) is 13.8. The van der Waals surface area contributed by atoms with Crippen LogP contribution >= 0.6 is 0 Å². The second-order valence-corrected chi connectivity index (χ2v) is 4.88. The van der Waals surface area contributed by atoms with Gasteiger partial charge in [-0.1, -0.05) is 6.07 Å². The van der Waals surface area contributed by atoms with E-state index in [2.05, 4.69) is 23.3 Å². The molecule has 0 saturated heterocycles. The maximum absolute atomic E-state index is 11.6. The quantitative estimate of drug-likeness (QED) is 0.794. The maximum atomic E-state index is 11.6. The molecule has 0 radical (unpaired) electrons. The van der Waals surface area contributed by atoms with Gasteiger partial charge in [0.05, 0.1) is 5.69 Å². The SMILES string of the molecule is CNCN(C)CCc1ccc2c(c1)N(C)C(=O)CO2. The number of benzene rings is 1. The number of amides is 1. The van der Waals surface area contributed by atoms with Gasteiger partial charge in [0.2, 0.25) is 0 Å². The standard InChI is InChI=1S/C14H21N3O2/c1-15-10-16(2)7-6-11-4-5-13-12(8-11)17(3)14(18)9-19-13/h4-5,8,15H,6-7,9-10H2,1-3H3. The minimum absolute atomic E-state index is 0.00282. The molecule has 1 aromatic carbocycles. The summed E-state index contributed by atoms with van der Waals surface area (Å²) in [5.74, 6) is 0.784. The highest BCUT2D eigenvalue weighted by Gasteiger charge is 2.22. The predicted octanol–water partition coefficient (Wildman–Crippen LogP) is 0.693. The van der Waals surface area contributed by atoms with E-state index < -0.39 is 0 Å². The van der Waals surface area contributed by atoms with Crippen molar-refractivity contribution in [3.63, 3.8) is 0 Å². The third kappa shape index (κ3) is 3.24. The monoisotopic (exact) mass is 263 g/mol. The van der Waals surface area contributed by atoms with Gasteiger partial charge in [-0.2, -0.15) is 0 Å². The summed E-state index contributed by atoms with van der Waals surface area (Å²) in [5, 5.41) is 3.12. The van der Waals surface area contributed by atoms with Gasteiger partial charge < -0.3 is 15.0 Å². The first-order valence-corrected chi connectivity index (χ1v) is 6.47. The van der Waals surface area contributed by atoms with Crippen LogP contribution in [0.3, 0.4) is 0 Å². The van der Waals surface area contributed by atoms with E-state index in [0.29, 0.717) is 0 Å². The molecule has 1 aliphatic heterocycles. The van der Waals surface area contributed by atoms with Crippen molar-refractivity contribution in [2.75, 3.05) is 45.9 Å². The zero-order valence-electron chi connectivity index (χ0n) is 11.8. The molecule has 5 heteroatoms. The molecule has 0 fully saturated rings.